The lowest BCUT2D eigenvalue weighted by Gasteiger charge is -2.38. The first-order chi connectivity index (χ1) is 9.45. The molecular formula is C13H16N2O4S. The average molecular weight is 296 g/mol. The van der Waals surface area contributed by atoms with E-state index < -0.39 is 16.0 Å². The minimum atomic E-state index is -3.42. The van der Waals surface area contributed by atoms with Crippen LogP contribution in [0.1, 0.15) is 12.8 Å². The molecule has 1 aromatic rings. The summed E-state index contributed by atoms with van der Waals surface area (Å²) in [5.41, 5.74) is 0.855. The number of hydrogen-bond acceptors (Lipinski definition) is 4. The Bertz CT molecular complexity index is 616. The van der Waals surface area contributed by atoms with Crippen molar-refractivity contribution in [2.24, 2.45) is 5.92 Å². The van der Waals surface area contributed by atoms with Gasteiger partial charge in [0.15, 0.2) is 0 Å². The Morgan fingerprint density at radius 1 is 1.20 bits per heavy atom. The topological polar surface area (TPSA) is 86.7 Å². The highest BCUT2D eigenvalue weighted by Crippen LogP contribution is 2.27. The molecule has 20 heavy (non-hydrogen) atoms. The van der Waals surface area contributed by atoms with E-state index in [4.69, 9.17) is 5.11 Å². The van der Waals surface area contributed by atoms with Crippen molar-refractivity contribution in [3.63, 3.8) is 0 Å². The number of nitrogens with one attached hydrogen (secondary N) is 1. The Balaban J connectivity index is 1.67. The lowest BCUT2D eigenvalue weighted by atomic mass is 10.00. The second kappa shape index (κ2) is 4.75. The van der Waals surface area contributed by atoms with Gasteiger partial charge in [0.25, 0.3) is 0 Å². The number of carboxylic acids is 1. The van der Waals surface area contributed by atoms with Crippen LogP contribution in [0.15, 0.2) is 29.2 Å². The summed E-state index contributed by atoms with van der Waals surface area (Å²) < 4.78 is 26.6. The van der Waals surface area contributed by atoms with Gasteiger partial charge in [-0.05, 0) is 37.1 Å². The Labute approximate surface area is 117 Å². The van der Waals surface area contributed by atoms with Gasteiger partial charge < -0.3 is 10.0 Å². The Morgan fingerprint density at radius 2 is 1.80 bits per heavy atom. The predicted octanol–water partition coefficient (Wildman–Crippen LogP) is 0.648. The van der Waals surface area contributed by atoms with Gasteiger partial charge >= 0.3 is 5.97 Å². The van der Waals surface area contributed by atoms with Crippen LogP contribution in [-0.4, -0.2) is 38.6 Å². The normalized spacial score (nSPS) is 19.7. The number of anilines is 1. The van der Waals surface area contributed by atoms with Gasteiger partial charge in [0.05, 0.1) is 10.8 Å². The fraction of sp³-hybridized carbons (Fsp3) is 0.462. The number of hydrogen-bond donors (Lipinski definition) is 2. The van der Waals surface area contributed by atoms with Crippen LogP contribution in [0.4, 0.5) is 5.69 Å². The molecule has 3 rings (SSSR count). The maximum Gasteiger partial charge on any atom is 0.310 e. The highest BCUT2D eigenvalue weighted by molar-refractivity contribution is 7.89. The molecule has 0 amide bonds. The number of aliphatic carboxylic acids is 1. The molecule has 1 saturated carbocycles. The monoisotopic (exact) mass is 296 g/mol. The molecule has 1 aliphatic heterocycles. The summed E-state index contributed by atoms with van der Waals surface area (Å²) in [5, 5.41) is 8.82. The van der Waals surface area contributed by atoms with Crippen LogP contribution >= 0.6 is 0 Å². The van der Waals surface area contributed by atoms with Crippen molar-refractivity contribution in [2.45, 2.75) is 23.8 Å². The molecule has 1 heterocycles. The summed E-state index contributed by atoms with van der Waals surface area (Å²) in [6.45, 7) is 0.948. The van der Waals surface area contributed by atoms with Crippen LogP contribution in [-0.2, 0) is 14.8 Å². The molecule has 6 nitrogen and oxygen atoms in total. The van der Waals surface area contributed by atoms with Crippen LogP contribution in [0.2, 0.25) is 0 Å². The zero-order chi connectivity index (χ0) is 14.3. The van der Waals surface area contributed by atoms with E-state index in [1.165, 1.54) is 0 Å². The van der Waals surface area contributed by atoms with E-state index in [0.29, 0.717) is 13.1 Å². The van der Waals surface area contributed by atoms with Gasteiger partial charge in [-0.3, -0.25) is 4.79 Å². The van der Waals surface area contributed by atoms with Crippen molar-refractivity contribution in [1.29, 1.82) is 0 Å². The number of sulfonamides is 1. The summed E-state index contributed by atoms with van der Waals surface area (Å²) >= 11 is 0. The smallest absolute Gasteiger partial charge is 0.310 e. The van der Waals surface area contributed by atoms with Crippen molar-refractivity contribution in [3.05, 3.63) is 24.3 Å². The number of nitrogens with zero attached hydrogens (tertiary/aromatic N) is 1. The quantitative estimate of drug-likeness (QED) is 0.833. The number of benzene rings is 1. The molecule has 0 unspecified atom stereocenters. The van der Waals surface area contributed by atoms with Crippen molar-refractivity contribution in [1.82, 2.24) is 4.72 Å². The molecule has 0 aromatic heterocycles. The highest BCUT2D eigenvalue weighted by atomic mass is 32.2. The summed E-state index contributed by atoms with van der Waals surface area (Å²) in [6.07, 6.45) is 1.81. The van der Waals surface area contributed by atoms with Crippen molar-refractivity contribution in [2.75, 3.05) is 18.0 Å². The van der Waals surface area contributed by atoms with Gasteiger partial charge in [0.1, 0.15) is 0 Å². The zero-order valence-corrected chi connectivity index (χ0v) is 11.6. The van der Waals surface area contributed by atoms with Crippen LogP contribution in [0.25, 0.3) is 0 Å². The molecular weight excluding hydrogens is 280 g/mol. The van der Waals surface area contributed by atoms with Crippen LogP contribution < -0.4 is 9.62 Å². The largest absolute Gasteiger partial charge is 0.481 e. The first-order valence-corrected chi connectivity index (χ1v) is 8.04. The van der Waals surface area contributed by atoms with Gasteiger partial charge in [-0.25, -0.2) is 13.1 Å². The molecule has 108 valence electrons. The minimum absolute atomic E-state index is 0.0892. The number of rotatable bonds is 5. The van der Waals surface area contributed by atoms with Gasteiger partial charge in [-0.1, -0.05) is 0 Å². The minimum Gasteiger partial charge on any atom is -0.481 e. The maximum atomic E-state index is 12.0. The summed E-state index contributed by atoms with van der Waals surface area (Å²) in [6, 6.07) is 6.66. The molecule has 2 N–H and O–H groups in total. The first kappa shape index (κ1) is 13.4. The summed E-state index contributed by atoms with van der Waals surface area (Å²) in [5.74, 6) is -1.11. The molecule has 2 fully saturated rings. The second-order valence-corrected chi connectivity index (χ2v) is 7.04. The third kappa shape index (κ3) is 2.64. The van der Waals surface area contributed by atoms with Gasteiger partial charge in [0.2, 0.25) is 10.0 Å². The molecule has 1 aliphatic carbocycles. The molecule has 0 radical (unpaired) electrons. The summed E-state index contributed by atoms with van der Waals surface area (Å²) in [4.78, 5) is 12.9. The van der Waals surface area contributed by atoms with Crippen molar-refractivity contribution in [3.8, 4) is 0 Å². The van der Waals surface area contributed by atoms with Gasteiger partial charge in [0, 0.05) is 24.8 Å². The molecule has 1 saturated heterocycles. The standard InChI is InChI=1S/C13H16N2O4S/c16-13(17)9-7-15(8-9)11-3-5-12(6-4-11)20(18,19)14-10-1-2-10/h3-6,9-10,14H,1-2,7-8H2,(H,16,17). The SMILES string of the molecule is O=C(O)C1CN(c2ccc(S(=O)(=O)NC3CC3)cc2)C1. The molecule has 0 spiro atoms. The lowest BCUT2D eigenvalue weighted by molar-refractivity contribution is -0.142. The van der Waals surface area contributed by atoms with Crippen LogP contribution in [0.5, 0.6) is 0 Å². The third-order valence-electron chi connectivity index (χ3n) is 3.64. The Kier molecular flexibility index (Phi) is 3.18. The first-order valence-electron chi connectivity index (χ1n) is 6.56. The molecule has 2 aliphatic rings. The van der Waals surface area contributed by atoms with E-state index in [1.54, 1.807) is 24.3 Å². The second-order valence-electron chi connectivity index (χ2n) is 5.33. The number of carboxylic acid groups (broad SMARTS) is 1. The van der Waals surface area contributed by atoms with E-state index in [-0.39, 0.29) is 16.9 Å². The van der Waals surface area contributed by atoms with E-state index >= 15 is 0 Å². The fourth-order valence-electron chi connectivity index (χ4n) is 2.17. The molecule has 7 heteroatoms. The van der Waals surface area contributed by atoms with E-state index in [0.717, 1.165) is 18.5 Å². The Hall–Kier alpha value is -1.60. The lowest BCUT2D eigenvalue weighted by Crippen LogP contribution is -2.50. The molecule has 1 aromatic carbocycles. The zero-order valence-electron chi connectivity index (χ0n) is 10.8. The van der Waals surface area contributed by atoms with E-state index in [1.807, 2.05) is 4.90 Å². The van der Waals surface area contributed by atoms with Crippen molar-refractivity contribution >= 4 is 21.7 Å². The number of carbonyl (C=O) groups is 1. The van der Waals surface area contributed by atoms with E-state index in [9.17, 15) is 13.2 Å². The Morgan fingerprint density at radius 3 is 2.30 bits per heavy atom. The maximum absolute atomic E-state index is 12.0. The van der Waals surface area contributed by atoms with Crippen LogP contribution in [0, 0.1) is 5.92 Å². The van der Waals surface area contributed by atoms with Gasteiger partial charge in [-0.15, -0.1) is 0 Å². The molecule has 0 atom stereocenters. The van der Waals surface area contributed by atoms with Crippen molar-refractivity contribution < 1.29 is 18.3 Å². The average Bonchev–Trinajstić information content (AvgIpc) is 3.10. The third-order valence-corrected chi connectivity index (χ3v) is 5.18. The fourth-order valence-corrected chi connectivity index (χ4v) is 3.48. The molecule has 0 bridgehead atoms. The summed E-state index contributed by atoms with van der Waals surface area (Å²) in [7, 11) is -3.42. The van der Waals surface area contributed by atoms with Gasteiger partial charge in [-0.2, -0.15) is 0 Å². The van der Waals surface area contributed by atoms with E-state index in [2.05, 4.69) is 4.72 Å². The highest BCUT2D eigenvalue weighted by Gasteiger charge is 2.33. The van der Waals surface area contributed by atoms with Crippen LogP contribution in [0.3, 0.4) is 0 Å². The predicted molar refractivity (Wildman–Crippen MR) is 73.1 cm³/mol.